The SMILES string of the molecule is COC(=O)/C=C(\c1cccc(O)c1)C1CCC1. The van der Waals surface area contributed by atoms with Gasteiger partial charge in [-0.25, -0.2) is 4.79 Å². The molecular formula is C14H16O3. The molecule has 1 aromatic carbocycles. The van der Waals surface area contributed by atoms with Crippen LogP contribution in [-0.4, -0.2) is 18.2 Å². The minimum absolute atomic E-state index is 0.220. The lowest BCUT2D eigenvalue weighted by Gasteiger charge is -2.28. The molecule has 0 aliphatic heterocycles. The van der Waals surface area contributed by atoms with E-state index < -0.39 is 0 Å². The number of rotatable bonds is 3. The smallest absolute Gasteiger partial charge is 0.330 e. The summed E-state index contributed by atoms with van der Waals surface area (Å²) < 4.78 is 4.67. The van der Waals surface area contributed by atoms with Crippen molar-refractivity contribution in [3.63, 3.8) is 0 Å². The standard InChI is InChI=1S/C14H16O3/c1-17-14(16)9-13(10-4-2-5-10)11-6-3-7-12(15)8-11/h3,6-10,15H,2,4-5H2,1H3/b13-9-. The molecule has 0 aromatic heterocycles. The van der Waals surface area contributed by atoms with Crippen LogP contribution in [0.3, 0.4) is 0 Å². The average molecular weight is 232 g/mol. The molecule has 1 saturated carbocycles. The predicted octanol–water partition coefficient (Wildman–Crippen LogP) is 2.75. The number of benzene rings is 1. The molecule has 1 aliphatic carbocycles. The van der Waals surface area contributed by atoms with E-state index >= 15 is 0 Å². The summed E-state index contributed by atoms with van der Waals surface area (Å²) in [6.07, 6.45) is 4.93. The third kappa shape index (κ3) is 2.67. The van der Waals surface area contributed by atoms with Crippen LogP contribution < -0.4 is 0 Å². The van der Waals surface area contributed by atoms with E-state index in [-0.39, 0.29) is 11.7 Å². The Morgan fingerprint density at radius 1 is 1.47 bits per heavy atom. The van der Waals surface area contributed by atoms with E-state index in [1.165, 1.54) is 13.5 Å². The molecule has 0 saturated heterocycles. The van der Waals surface area contributed by atoms with Crippen molar-refractivity contribution in [2.75, 3.05) is 7.11 Å². The third-order valence-corrected chi connectivity index (χ3v) is 3.20. The van der Waals surface area contributed by atoms with Crippen molar-refractivity contribution < 1.29 is 14.6 Å². The Balaban J connectivity index is 2.32. The molecule has 1 N–H and O–H groups in total. The fraction of sp³-hybridized carbons (Fsp3) is 0.357. The van der Waals surface area contributed by atoms with E-state index in [1.54, 1.807) is 24.3 Å². The van der Waals surface area contributed by atoms with E-state index in [0.29, 0.717) is 5.92 Å². The first-order valence-corrected chi connectivity index (χ1v) is 5.79. The van der Waals surface area contributed by atoms with Crippen LogP contribution >= 0.6 is 0 Å². The van der Waals surface area contributed by atoms with Gasteiger partial charge in [0.05, 0.1) is 7.11 Å². The zero-order chi connectivity index (χ0) is 12.3. The van der Waals surface area contributed by atoms with Gasteiger partial charge in [0.25, 0.3) is 0 Å². The van der Waals surface area contributed by atoms with Crippen LogP contribution in [0.5, 0.6) is 5.75 Å². The van der Waals surface area contributed by atoms with Crippen LogP contribution in [0.2, 0.25) is 0 Å². The van der Waals surface area contributed by atoms with E-state index in [2.05, 4.69) is 4.74 Å². The zero-order valence-corrected chi connectivity index (χ0v) is 9.85. The normalized spacial score (nSPS) is 16.4. The monoisotopic (exact) mass is 232 g/mol. The summed E-state index contributed by atoms with van der Waals surface area (Å²) in [4.78, 5) is 11.4. The number of esters is 1. The number of phenols is 1. The van der Waals surface area contributed by atoms with Gasteiger partial charge in [-0.1, -0.05) is 18.6 Å². The number of methoxy groups -OCH3 is 1. The minimum atomic E-state index is -0.338. The van der Waals surface area contributed by atoms with Gasteiger partial charge >= 0.3 is 5.97 Å². The minimum Gasteiger partial charge on any atom is -0.508 e. The number of aromatic hydroxyl groups is 1. The second kappa shape index (κ2) is 5.04. The second-order valence-corrected chi connectivity index (χ2v) is 4.30. The lowest BCUT2D eigenvalue weighted by molar-refractivity contribution is -0.134. The summed E-state index contributed by atoms with van der Waals surface area (Å²) in [5.74, 6) is 0.295. The molecule has 3 heteroatoms. The van der Waals surface area contributed by atoms with Crippen LogP contribution in [0.15, 0.2) is 30.3 Å². The first-order valence-electron chi connectivity index (χ1n) is 5.79. The molecule has 0 spiro atoms. The van der Waals surface area contributed by atoms with Crippen molar-refractivity contribution in [1.82, 2.24) is 0 Å². The largest absolute Gasteiger partial charge is 0.508 e. The van der Waals surface area contributed by atoms with Crippen molar-refractivity contribution >= 4 is 11.5 Å². The molecule has 0 amide bonds. The second-order valence-electron chi connectivity index (χ2n) is 4.30. The van der Waals surface area contributed by atoms with Crippen LogP contribution in [0, 0.1) is 5.92 Å². The maximum atomic E-state index is 11.4. The van der Waals surface area contributed by atoms with E-state index in [0.717, 1.165) is 24.0 Å². The Morgan fingerprint density at radius 2 is 2.24 bits per heavy atom. The van der Waals surface area contributed by atoms with E-state index in [9.17, 15) is 9.90 Å². The number of allylic oxidation sites excluding steroid dienone is 1. The molecule has 1 fully saturated rings. The summed E-state index contributed by atoms with van der Waals surface area (Å²) in [6.45, 7) is 0. The molecule has 0 atom stereocenters. The zero-order valence-electron chi connectivity index (χ0n) is 9.85. The molecule has 90 valence electrons. The molecule has 0 heterocycles. The van der Waals surface area contributed by atoms with Crippen LogP contribution in [-0.2, 0) is 9.53 Å². The maximum absolute atomic E-state index is 11.4. The quantitative estimate of drug-likeness (QED) is 0.644. The van der Waals surface area contributed by atoms with E-state index in [4.69, 9.17) is 0 Å². The highest BCUT2D eigenvalue weighted by Crippen LogP contribution is 2.39. The molecule has 1 aliphatic rings. The molecule has 0 bridgehead atoms. The van der Waals surface area contributed by atoms with Gasteiger partial charge < -0.3 is 9.84 Å². The summed E-state index contributed by atoms with van der Waals surface area (Å²) in [6, 6.07) is 7.01. The van der Waals surface area contributed by atoms with Crippen LogP contribution in [0.25, 0.3) is 5.57 Å². The van der Waals surface area contributed by atoms with Crippen molar-refractivity contribution in [3.05, 3.63) is 35.9 Å². The first kappa shape index (κ1) is 11.7. The van der Waals surface area contributed by atoms with Gasteiger partial charge in [0, 0.05) is 6.08 Å². The highest BCUT2D eigenvalue weighted by molar-refractivity contribution is 5.92. The first-order chi connectivity index (χ1) is 8.20. The van der Waals surface area contributed by atoms with Crippen molar-refractivity contribution in [3.8, 4) is 5.75 Å². The lowest BCUT2D eigenvalue weighted by atomic mass is 9.77. The number of ether oxygens (including phenoxy) is 1. The summed E-state index contributed by atoms with van der Waals surface area (Å²) in [5.41, 5.74) is 1.87. The molecule has 2 rings (SSSR count). The van der Waals surface area contributed by atoms with Crippen molar-refractivity contribution in [1.29, 1.82) is 0 Å². The number of carbonyl (C=O) groups is 1. The van der Waals surface area contributed by atoms with Gasteiger partial charge in [0.15, 0.2) is 0 Å². The number of hydrogen-bond acceptors (Lipinski definition) is 3. The molecule has 3 nitrogen and oxygen atoms in total. The fourth-order valence-electron chi connectivity index (χ4n) is 2.03. The van der Waals surface area contributed by atoms with Crippen LogP contribution in [0.4, 0.5) is 0 Å². The van der Waals surface area contributed by atoms with Gasteiger partial charge in [0.1, 0.15) is 5.75 Å². The van der Waals surface area contributed by atoms with Crippen LogP contribution in [0.1, 0.15) is 24.8 Å². The van der Waals surface area contributed by atoms with Gasteiger partial charge in [0.2, 0.25) is 0 Å². The highest BCUT2D eigenvalue weighted by atomic mass is 16.5. The number of phenolic OH excluding ortho intramolecular Hbond substituents is 1. The summed E-state index contributed by atoms with van der Waals surface area (Å²) in [7, 11) is 1.37. The fourth-order valence-corrected chi connectivity index (χ4v) is 2.03. The predicted molar refractivity (Wildman–Crippen MR) is 65.4 cm³/mol. The molecule has 0 unspecified atom stereocenters. The summed E-state index contributed by atoms with van der Waals surface area (Å²) in [5, 5.41) is 9.48. The number of hydrogen-bond donors (Lipinski definition) is 1. The number of carbonyl (C=O) groups excluding carboxylic acids is 1. The van der Waals surface area contributed by atoms with Gasteiger partial charge in [-0.05, 0) is 42.0 Å². The molecule has 17 heavy (non-hydrogen) atoms. The van der Waals surface area contributed by atoms with E-state index in [1.807, 2.05) is 6.07 Å². The van der Waals surface area contributed by atoms with Crippen molar-refractivity contribution in [2.45, 2.75) is 19.3 Å². The van der Waals surface area contributed by atoms with Gasteiger partial charge in [-0.15, -0.1) is 0 Å². The molecule has 1 aromatic rings. The Kier molecular flexibility index (Phi) is 3.47. The molecular weight excluding hydrogens is 216 g/mol. The lowest BCUT2D eigenvalue weighted by Crippen LogP contribution is -2.14. The Bertz CT molecular complexity index is 445. The topological polar surface area (TPSA) is 46.5 Å². The Morgan fingerprint density at radius 3 is 2.76 bits per heavy atom. The van der Waals surface area contributed by atoms with Gasteiger partial charge in [-0.2, -0.15) is 0 Å². The highest BCUT2D eigenvalue weighted by Gasteiger charge is 2.24. The summed E-state index contributed by atoms with van der Waals surface area (Å²) >= 11 is 0. The third-order valence-electron chi connectivity index (χ3n) is 3.20. The van der Waals surface area contributed by atoms with Gasteiger partial charge in [-0.3, -0.25) is 0 Å². The Labute approximate surface area is 101 Å². The molecule has 0 radical (unpaired) electrons. The Hall–Kier alpha value is -1.77. The van der Waals surface area contributed by atoms with Crippen molar-refractivity contribution in [2.24, 2.45) is 5.92 Å². The maximum Gasteiger partial charge on any atom is 0.330 e. The average Bonchev–Trinajstić information content (AvgIpc) is 2.25.